The minimum Gasteiger partial charge on any atom is -0.455 e. The molecule has 4 saturated carbocycles. The Morgan fingerprint density at radius 2 is 1.67 bits per heavy atom. The summed E-state index contributed by atoms with van der Waals surface area (Å²) in [5.41, 5.74) is -3.61. The molecule has 4 nitrogen and oxygen atoms in total. The van der Waals surface area contributed by atoms with Crippen LogP contribution in [-0.2, 0) is 9.53 Å². The first kappa shape index (κ1) is 15.3. The van der Waals surface area contributed by atoms with Crippen molar-refractivity contribution in [2.75, 3.05) is 0 Å². The molecule has 0 aromatic heterocycles. The molecule has 4 atom stereocenters. The second kappa shape index (κ2) is 3.83. The highest BCUT2D eigenvalue weighted by Gasteiger charge is 2.74. The van der Waals surface area contributed by atoms with Gasteiger partial charge in [0.25, 0.3) is 0 Å². The average molecular weight is 296 g/mol. The van der Waals surface area contributed by atoms with E-state index in [-0.39, 0.29) is 17.3 Å². The largest absolute Gasteiger partial charge is 0.455 e. The van der Waals surface area contributed by atoms with E-state index in [1.54, 1.807) is 0 Å². The summed E-state index contributed by atoms with van der Waals surface area (Å²) in [6.07, 6.45) is 2.81. The van der Waals surface area contributed by atoms with E-state index in [2.05, 4.69) is 0 Å². The second-order valence-corrected chi connectivity index (χ2v) is 9.35. The highest BCUT2D eigenvalue weighted by atomic mass is 16.6. The third-order valence-corrected chi connectivity index (χ3v) is 6.67. The Hall–Kier alpha value is -0.610. The molecule has 0 aromatic carbocycles. The minimum absolute atomic E-state index is 0.226. The summed E-state index contributed by atoms with van der Waals surface area (Å²) < 4.78 is 5.93. The van der Waals surface area contributed by atoms with Gasteiger partial charge < -0.3 is 14.9 Å². The van der Waals surface area contributed by atoms with Gasteiger partial charge in [-0.2, -0.15) is 0 Å². The van der Waals surface area contributed by atoms with Crippen LogP contribution in [0.1, 0.15) is 66.7 Å². The van der Waals surface area contributed by atoms with Gasteiger partial charge in [-0.05, 0) is 44.4 Å². The van der Waals surface area contributed by atoms with Gasteiger partial charge in [0.15, 0.2) is 0 Å². The first-order chi connectivity index (χ1) is 9.33. The van der Waals surface area contributed by atoms with Crippen LogP contribution in [0.5, 0.6) is 0 Å². The zero-order valence-corrected chi connectivity index (χ0v) is 13.8. The van der Waals surface area contributed by atoms with E-state index < -0.39 is 22.2 Å². The normalized spacial score (nSPS) is 45.2. The molecule has 120 valence electrons. The van der Waals surface area contributed by atoms with Crippen LogP contribution in [-0.4, -0.2) is 33.0 Å². The molecule has 0 heterocycles. The molecule has 0 saturated heterocycles. The number of esters is 1. The standard InChI is InChI=1S/C17H28O4/c1-13(2,3)14(4,5)12(18)21-17-8-11-6-15(19,10-17)9-16(17,20)7-11/h11,19-20H,6-10H2,1-5H3. The number of carbonyl (C=O) groups excluding carboxylic acids is 1. The van der Waals surface area contributed by atoms with Crippen LogP contribution in [0.25, 0.3) is 0 Å². The van der Waals surface area contributed by atoms with Gasteiger partial charge in [0.1, 0.15) is 11.2 Å². The van der Waals surface area contributed by atoms with Crippen LogP contribution in [0, 0.1) is 16.7 Å². The van der Waals surface area contributed by atoms with Crippen LogP contribution in [0.4, 0.5) is 0 Å². The summed E-state index contributed by atoms with van der Waals surface area (Å²) in [4.78, 5) is 12.8. The molecular formula is C17H28O4. The number of hydrogen-bond donors (Lipinski definition) is 2. The number of carbonyl (C=O) groups is 1. The molecule has 0 aliphatic heterocycles. The fraction of sp³-hybridized carbons (Fsp3) is 0.941. The van der Waals surface area contributed by atoms with E-state index in [4.69, 9.17) is 4.74 Å². The smallest absolute Gasteiger partial charge is 0.312 e. The van der Waals surface area contributed by atoms with Crippen molar-refractivity contribution in [1.29, 1.82) is 0 Å². The molecule has 2 N–H and O–H groups in total. The zero-order valence-electron chi connectivity index (χ0n) is 13.8. The summed E-state index contributed by atoms with van der Waals surface area (Å²) >= 11 is 0. The van der Waals surface area contributed by atoms with E-state index in [1.165, 1.54) is 0 Å². The zero-order chi connectivity index (χ0) is 15.9. The fourth-order valence-corrected chi connectivity index (χ4v) is 4.61. The highest BCUT2D eigenvalue weighted by Crippen LogP contribution is 2.66. The molecule has 21 heavy (non-hydrogen) atoms. The van der Waals surface area contributed by atoms with Gasteiger partial charge in [0, 0.05) is 12.8 Å². The summed E-state index contributed by atoms with van der Waals surface area (Å²) in [6, 6.07) is 0. The molecule has 4 unspecified atom stereocenters. The Morgan fingerprint density at radius 1 is 1.05 bits per heavy atom. The van der Waals surface area contributed by atoms with Crippen LogP contribution in [0.15, 0.2) is 0 Å². The predicted octanol–water partition coefficient (Wildman–Crippen LogP) is 2.41. The van der Waals surface area contributed by atoms with Crippen molar-refractivity contribution in [2.24, 2.45) is 16.7 Å². The first-order valence-electron chi connectivity index (χ1n) is 8.01. The van der Waals surface area contributed by atoms with E-state index >= 15 is 0 Å². The predicted molar refractivity (Wildman–Crippen MR) is 78.5 cm³/mol. The molecule has 0 aromatic rings. The Bertz CT molecular complexity index is 492. The first-order valence-corrected chi connectivity index (χ1v) is 8.01. The number of rotatable bonds is 2. The molecule has 4 bridgehead atoms. The van der Waals surface area contributed by atoms with Crippen molar-refractivity contribution in [3.8, 4) is 0 Å². The van der Waals surface area contributed by atoms with Crippen molar-refractivity contribution in [1.82, 2.24) is 0 Å². The maximum atomic E-state index is 12.8. The second-order valence-electron chi connectivity index (χ2n) is 9.35. The van der Waals surface area contributed by atoms with Crippen LogP contribution >= 0.6 is 0 Å². The SMILES string of the molecule is CC(C)(C)C(C)(C)C(=O)OC12CC3CC(O)(CC1(O)C3)C2. The lowest BCUT2D eigenvalue weighted by atomic mass is 9.69. The third kappa shape index (κ3) is 1.91. The van der Waals surface area contributed by atoms with Gasteiger partial charge in [-0.3, -0.25) is 4.79 Å². The number of ether oxygens (including phenoxy) is 1. The van der Waals surface area contributed by atoms with Gasteiger partial charge in [-0.15, -0.1) is 0 Å². The quantitative estimate of drug-likeness (QED) is 0.768. The van der Waals surface area contributed by atoms with Crippen molar-refractivity contribution < 1.29 is 19.7 Å². The van der Waals surface area contributed by atoms with Crippen molar-refractivity contribution >= 4 is 5.97 Å². The van der Waals surface area contributed by atoms with Gasteiger partial charge in [0.2, 0.25) is 0 Å². The third-order valence-electron chi connectivity index (χ3n) is 6.67. The minimum atomic E-state index is -1.03. The van der Waals surface area contributed by atoms with Gasteiger partial charge in [0.05, 0.1) is 11.0 Å². The summed E-state index contributed by atoms with van der Waals surface area (Å²) in [5, 5.41) is 21.5. The summed E-state index contributed by atoms with van der Waals surface area (Å²) in [6.45, 7) is 9.85. The van der Waals surface area contributed by atoms with Crippen LogP contribution in [0.3, 0.4) is 0 Å². The highest BCUT2D eigenvalue weighted by molar-refractivity contribution is 5.77. The Morgan fingerprint density at radius 3 is 2.19 bits per heavy atom. The maximum Gasteiger partial charge on any atom is 0.312 e. The van der Waals surface area contributed by atoms with Crippen molar-refractivity contribution in [3.05, 3.63) is 0 Å². The summed E-state index contributed by atoms with van der Waals surface area (Å²) in [5.74, 6) is 0.00766. The van der Waals surface area contributed by atoms with E-state index in [0.29, 0.717) is 25.7 Å². The lowest BCUT2D eigenvalue weighted by Gasteiger charge is -2.42. The number of hydrogen-bond acceptors (Lipinski definition) is 4. The lowest BCUT2D eigenvalue weighted by molar-refractivity contribution is -0.196. The molecule has 4 rings (SSSR count). The lowest BCUT2D eigenvalue weighted by Crippen LogP contribution is -2.52. The topological polar surface area (TPSA) is 66.8 Å². The van der Waals surface area contributed by atoms with Crippen LogP contribution in [0.2, 0.25) is 0 Å². The van der Waals surface area contributed by atoms with E-state index in [1.807, 2.05) is 34.6 Å². The van der Waals surface area contributed by atoms with Gasteiger partial charge in [-0.1, -0.05) is 20.8 Å². The Balaban J connectivity index is 1.88. The molecule has 4 fully saturated rings. The maximum absolute atomic E-state index is 12.8. The van der Waals surface area contributed by atoms with Crippen LogP contribution < -0.4 is 0 Å². The molecule has 0 amide bonds. The average Bonchev–Trinajstić information content (AvgIpc) is 2.50. The molecule has 4 aliphatic carbocycles. The molecular weight excluding hydrogens is 268 g/mol. The number of aliphatic hydroxyl groups is 2. The monoisotopic (exact) mass is 296 g/mol. The Kier molecular flexibility index (Phi) is 2.79. The molecule has 4 heteroatoms. The summed E-state index contributed by atoms with van der Waals surface area (Å²) in [7, 11) is 0. The van der Waals surface area contributed by atoms with Gasteiger partial charge >= 0.3 is 5.97 Å². The van der Waals surface area contributed by atoms with Crippen molar-refractivity contribution in [3.63, 3.8) is 0 Å². The van der Waals surface area contributed by atoms with E-state index in [9.17, 15) is 15.0 Å². The molecule has 4 aliphatic rings. The Labute approximate surface area is 126 Å². The van der Waals surface area contributed by atoms with Gasteiger partial charge in [-0.25, -0.2) is 0 Å². The molecule has 0 spiro atoms. The van der Waals surface area contributed by atoms with E-state index in [0.717, 1.165) is 6.42 Å². The molecule has 0 radical (unpaired) electrons. The fourth-order valence-electron chi connectivity index (χ4n) is 4.61. The van der Waals surface area contributed by atoms with Crippen molar-refractivity contribution in [2.45, 2.75) is 83.5 Å².